The zero-order valence-electron chi connectivity index (χ0n) is 15.7. The van der Waals surface area contributed by atoms with E-state index in [4.69, 9.17) is 4.74 Å². The summed E-state index contributed by atoms with van der Waals surface area (Å²) in [5.41, 5.74) is 3.14. The van der Waals surface area contributed by atoms with Crippen LogP contribution in [0, 0.1) is 18.2 Å². The predicted molar refractivity (Wildman–Crippen MR) is 103 cm³/mol. The largest absolute Gasteiger partial charge is 0.379 e. The number of aryl methyl sites for hydroxylation is 1. The van der Waals surface area contributed by atoms with Crippen molar-refractivity contribution in [2.45, 2.75) is 19.9 Å². The third-order valence-corrected chi connectivity index (χ3v) is 5.63. The van der Waals surface area contributed by atoms with Crippen molar-refractivity contribution < 1.29 is 13.9 Å². The van der Waals surface area contributed by atoms with E-state index in [2.05, 4.69) is 36.1 Å². The van der Waals surface area contributed by atoms with Gasteiger partial charge in [-0.3, -0.25) is 9.69 Å². The highest BCUT2D eigenvalue weighted by Gasteiger charge is 2.46. The van der Waals surface area contributed by atoms with E-state index < -0.39 is 0 Å². The Morgan fingerprint density at radius 1 is 1.11 bits per heavy atom. The van der Waals surface area contributed by atoms with E-state index in [0.29, 0.717) is 26.2 Å². The third kappa shape index (κ3) is 3.89. The maximum Gasteiger partial charge on any atom is 0.227 e. The van der Waals surface area contributed by atoms with E-state index in [0.717, 1.165) is 25.3 Å². The van der Waals surface area contributed by atoms with Crippen molar-refractivity contribution in [2.24, 2.45) is 5.41 Å². The number of benzene rings is 2. The summed E-state index contributed by atoms with van der Waals surface area (Å²) in [7, 11) is 0. The van der Waals surface area contributed by atoms with Gasteiger partial charge in [-0.1, -0.05) is 24.3 Å². The first-order valence-corrected chi connectivity index (χ1v) is 9.45. The molecule has 0 unspecified atom stereocenters. The Labute approximate surface area is 159 Å². The number of carbonyl (C=O) groups is 1. The molecule has 2 aromatic carbocycles. The third-order valence-electron chi connectivity index (χ3n) is 5.63. The number of rotatable bonds is 3. The SMILES string of the molecule is Cc1ccccc1CN1CCOC[C@]2(CC(=O)N(c3ccc(F)cc3)C2)C1. The number of nitrogens with zero attached hydrogens (tertiary/aromatic N) is 2. The highest BCUT2D eigenvalue weighted by atomic mass is 19.1. The maximum atomic E-state index is 13.2. The minimum atomic E-state index is -0.290. The first-order valence-electron chi connectivity index (χ1n) is 9.45. The second kappa shape index (κ2) is 7.41. The zero-order valence-corrected chi connectivity index (χ0v) is 15.7. The fourth-order valence-corrected chi connectivity index (χ4v) is 4.20. The molecule has 1 amide bonds. The van der Waals surface area contributed by atoms with Crippen molar-refractivity contribution in [2.75, 3.05) is 37.7 Å². The molecule has 142 valence electrons. The Bertz CT molecular complexity index is 823. The Hall–Kier alpha value is -2.24. The topological polar surface area (TPSA) is 32.8 Å². The Morgan fingerprint density at radius 2 is 1.89 bits per heavy atom. The fourth-order valence-electron chi connectivity index (χ4n) is 4.20. The van der Waals surface area contributed by atoms with Crippen molar-refractivity contribution in [3.05, 3.63) is 65.5 Å². The minimum absolute atomic E-state index is 0.0861. The van der Waals surface area contributed by atoms with E-state index in [1.807, 2.05) is 0 Å². The first-order chi connectivity index (χ1) is 13.0. The summed E-state index contributed by atoms with van der Waals surface area (Å²) in [6, 6.07) is 14.6. The molecule has 0 N–H and O–H groups in total. The molecule has 2 aliphatic rings. The number of hydrogen-bond donors (Lipinski definition) is 0. The molecule has 0 saturated carbocycles. The van der Waals surface area contributed by atoms with Gasteiger partial charge in [-0.05, 0) is 42.3 Å². The molecule has 2 aromatic rings. The van der Waals surface area contributed by atoms with Gasteiger partial charge in [0, 0.05) is 43.7 Å². The normalized spacial score (nSPS) is 23.8. The second-order valence-electron chi connectivity index (χ2n) is 7.82. The average molecular weight is 368 g/mol. The molecule has 4 rings (SSSR count). The van der Waals surface area contributed by atoms with E-state index in [1.165, 1.54) is 23.3 Å². The van der Waals surface area contributed by atoms with Crippen molar-refractivity contribution in [1.82, 2.24) is 4.90 Å². The second-order valence-corrected chi connectivity index (χ2v) is 7.82. The summed E-state index contributed by atoms with van der Waals surface area (Å²) in [4.78, 5) is 16.9. The summed E-state index contributed by atoms with van der Waals surface area (Å²) < 4.78 is 19.1. The van der Waals surface area contributed by atoms with E-state index in [1.54, 1.807) is 17.0 Å². The molecule has 0 bridgehead atoms. The van der Waals surface area contributed by atoms with Crippen molar-refractivity contribution in [1.29, 1.82) is 0 Å². The van der Waals surface area contributed by atoms with Crippen LogP contribution in [0.4, 0.5) is 10.1 Å². The lowest BCUT2D eigenvalue weighted by Gasteiger charge is -2.31. The van der Waals surface area contributed by atoms with Gasteiger partial charge in [0.15, 0.2) is 0 Å². The van der Waals surface area contributed by atoms with Gasteiger partial charge in [0.2, 0.25) is 5.91 Å². The number of ether oxygens (including phenoxy) is 1. The van der Waals surface area contributed by atoms with Gasteiger partial charge in [0.25, 0.3) is 0 Å². The summed E-state index contributed by atoms with van der Waals surface area (Å²) in [5, 5.41) is 0. The van der Waals surface area contributed by atoms with Crippen molar-refractivity contribution >= 4 is 11.6 Å². The summed E-state index contributed by atoms with van der Waals surface area (Å²) >= 11 is 0. The smallest absolute Gasteiger partial charge is 0.227 e. The first kappa shape index (κ1) is 18.1. The lowest BCUT2D eigenvalue weighted by Crippen LogP contribution is -2.40. The standard InChI is InChI=1S/C22H25FN2O2/c1-17-4-2-3-5-18(17)13-24-10-11-27-16-22(14-24)12-21(26)25(15-22)20-8-6-19(23)7-9-20/h2-9H,10-16H2,1H3/t22-/m1/s1. The van der Waals surface area contributed by atoms with Crippen molar-refractivity contribution in [3.8, 4) is 0 Å². The van der Waals surface area contributed by atoms with Crippen LogP contribution in [0.15, 0.2) is 48.5 Å². The highest BCUT2D eigenvalue weighted by Crippen LogP contribution is 2.37. The van der Waals surface area contributed by atoms with E-state index >= 15 is 0 Å². The Balaban J connectivity index is 1.52. The van der Waals surface area contributed by atoms with Crippen LogP contribution in [0.5, 0.6) is 0 Å². The van der Waals surface area contributed by atoms with Crippen LogP contribution in [0.3, 0.4) is 0 Å². The van der Waals surface area contributed by atoms with Gasteiger partial charge in [-0.15, -0.1) is 0 Å². The Kier molecular flexibility index (Phi) is 4.98. The quantitative estimate of drug-likeness (QED) is 0.833. The molecule has 0 radical (unpaired) electrons. The van der Waals surface area contributed by atoms with Crippen LogP contribution in [-0.4, -0.2) is 43.7 Å². The average Bonchev–Trinajstić information content (AvgIpc) is 2.84. The fraction of sp³-hybridized carbons (Fsp3) is 0.409. The van der Waals surface area contributed by atoms with Gasteiger partial charge >= 0.3 is 0 Å². The lowest BCUT2D eigenvalue weighted by atomic mass is 9.87. The molecule has 1 spiro atoms. The zero-order chi connectivity index (χ0) is 18.9. The van der Waals surface area contributed by atoms with Gasteiger partial charge in [0.05, 0.1) is 13.2 Å². The number of amides is 1. The maximum absolute atomic E-state index is 13.2. The molecule has 2 fully saturated rings. The summed E-state index contributed by atoms with van der Waals surface area (Å²) in [5.74, 6) is -0.203. The van der Waals surface area contributed by atoms with Gasteiger partial charge < -0.3 is 9.64 Å². The molecule has 4 nitrogen and oxygen atoms in total. The van der Waals surface area contributed by atoms with Gasteiger partial charge in [-0.2, -0.15) is 0 Å². The van der Waals surface area contributed by atoms with Crippen LogP contribution in [-0.2, 0) is 16.1 Å². The van der Waals surface area contributed by atoms with Gasteiger partial charge in [-0.25, -0.2) is 4.39 Å². The number of anilines is 1. The molecular weight excluding hydrogens is 343 g/mol. The number of halogens is 1. The molecule has 0 aliphatic carbocycles. The molecule has 2 aliphatic heterocycles. The van der Waals surface area contributed by atoms with Crippen LogP contribution < -0.4 is 4.90 Å². The van der Waals surface area contributed by atoms with Gasteiger partial charge in [0.1, 0.15) is 5.82 Å². The molecule has 27 heavy (non-hydrogen) atoms. The highest BCUT2D eigenvalue weighted by molar-refractivity contribution is 5.96. The molecule has 2 heterocycles. The predicted octanol–water partition coefficient (Wildman–Crippen LogP) is 3.39. The number of carbonyl (C=O) groups excluding carboxylic acids is 1. The van der Waals surface area contributed by atoms with Crippen LogP contribution in [0.1, 0.15) is 17.5 Å². The van der Waals surface area contributed by atoms with Crippen LogP contribution in [0.25, 0.3) is 0 Å². The van der Waals surface area contributed by atoms with Crippen molar-refractivity contribution in [3.63, 3.8) is 0 Å². The molecule has 2 saturated heterocycles. The van der Waals surface area contributed by atoms with Crippen LogP contribution in [0.2, 0.25) is 0 Å². The molecular formula is C22H25FN2O2. The lowest BCUT2D eigenvalue weighted by molar-refractivity contribution is -0.118. The van der Waals surface area contributed by atoms with Crippen LogP contribution >= 0.6 is 0 Å². The molecule has 5 heteroatoms. The summed E-state index contributed by atoms with van der Waals surface area (Å²) in [6.07, 6.45) is 0.467. The van der Waals surface area contributed by atoms with E-state index in [-0.39, 0.29) is 17.1 Å². The monoisotopic (exact) mass is 368 g/mol. The summed E-state index contributed by atoms with van der Waals surface area (Å²) in [6.45, 7) is 6.56. The number of hydrogen-bond acceptors (Lipinski definition) is 3. The van der Waals surface area contributed by atoms with E-state index in [9.17, 15) is 9.18 Å². The Morgan fingerprint density at radius 3 is 2.67 bits per heavy atom. The molecule has 1 atom stereocenters. The molecule has 0 aromatic heterocycles. The minimum Gasteiger partial charge on any atom is -0.379 e.